The molecule has 1 fully saturated rings. The first kappa shape index (κ1) is 20.0. The van der Waals surface area contributed by atoms with Crippen molar-refractivity contribution in [2.75, 3.05) is 0 Å². The van der Waals surface area contributed by atoms with Gasteiger partial charge in [-0.2, -0.15) is 5.46 Å². The molecule has 2 atom stereocenters. The Hall–Kier alpha value is -1.32. The zero-order chi connectivity index (χ0) is 20.4. The van der Waals surface area contributed by atoms with Crippen LogP contribution >= 0.6 is 0 Å². The Bertz CT molecular complexity index is 815. The quantitative estimate of drug-likeness (QED) is 0.611. The van der Waals surface area contributed by atoms with Gasteiger partial charge < -0.3 is 9.31 Å². The van der Waals surface area contributed by atoms with Gasteiger partial charge in [-0.25, -0.2) is 0 Å². The molecular formula is C25H36BO2-. The molecule has 0 radical (unpaired) electrons. The third kappa shape index (κ3) is 2.77. The lowest BCUT2D eigenvalue weighted by atomic mass is 9.48. The van der Waals surface area contributed by atoms with Crippen molar-refractivity contribution in [3.05, 3.63) is 53.6 Å². The van der Waals surface area contributed by atoms with Gasteiger partial charge in [0.2, 0.25) is 0 Å². The van der Waals surface area contributed by atoms with E-state index >= 15 is 0 Å². The van der Waals surface area contributed by atoms with Crippen molar-refractivity contribution in [1.82, 2.24) is 0 Å². The molecule has 152 valence electrons. The molecule has 0 spiro atoms. The molecule has 0 bridgehead atoms. The Morgan fingerprint density at radius 3 is 2.21 bits per heavy atom. The second kappa shape index (κ2) is 6.34. The van der Waals surface area contributed by atoms with Crippen molar-refractivity contribution >= 4 is 12.0 Å². The van der Waals surface area contributed by atoms with Crippen molar-refractivity contribution in [1.29, 1.82) is 0 Å². The van der Waals surface area contributed by atoms with Crippen molar-refractivity contribution in [3.63, 3.8) is 0 Å². The third-order valence-corrected chi connectivity index (χ3v) is 7.96. The monoisotopic (exact) mass is 379 g/mol. The van der Waals surface area contributed by atoms with Crippen LogP contribution in [0.15, 0.2) is 42.5 Å². The van der Waals surface area contributed by atoms with Gasteiger partial charge in [-0.3, -0.25) is 0 Å². The van der Waals surface area contributed by atoms with Crippen LogP contribution in [0.5, 0.6) is 0 Å². The fourth-order valence-corrected chi connectivity index (χ4v) is 5.62. The van der Waals surface area contributed by atoms with Crippen LogP contribution in [0.1, 0.15) is 78.4 Å². The van der Waals surface area contributed by atoms with Crippen LogP contribution < -0.4 is 5.46 Å². The first-order valence-corrected chi connectivity index (χ1v) is 11.1. The van der Waals surface area contributed by atoms with Crippen LogP contribution in [0, 0.1) is 5.92 Å². The van der Waals surface area contributed by atoms with Gasteiger partial charge in [0.05, 0.1) is 0 Å². The maximum absolute atomic E-state index is 6.80. The van der Waals surface area contributed by atoms with Gasteiger partial charge >= 0.3 is 0 Å². The zero-order valence-corrected chi connectivity index (χ0v) is 18.7. The lowest BCUT2D eigenvalue weighted by Gasteiger charge is -2.39. The summed E-state index contributed by atoms with van der Waals surface area (Å²) in [4.78, 5) is 0. The van der Waals surface area contributed by atoms with Crippen LogP contribution in [-0.4, -0.2) is 17.8 Å². The molecule has 1 aliphatic heterocycles. The summed E-state index contributed by atoms with van der Waals surface area (Å²) >= 11 is 0. The van der Waals surface area contributed by atoms with E-state index in [4.69, 9.17) is 9.31 Å². The van der Waals surface area contributed by atoms with Crippen LogP contribution in [0.4, 0.5) is 0 Å². The Morgan fingerprint density at radius 1 is 0.929 bits per heavy atom. The second-order valence-electron chi connectivity index (χ2n) is 10.7. The largest absolute Gasteiger partial charge is 0.558 e. The molecule has 0 saturated carbocycles. The Labute approximate surface area is 171 Å². The standard InChI is InChI=1S/C25H36BO2/c1-8-9-16-26(27-24(4,5)25(6,7)28-26)18-14-15-20-19-12-10-11-13-21(19)23(2,3)22(20)17-18/h10-15,17,19,21H,8-9,16H2,1-7H3/q-1. The van der Waals surface area contributed by atoms with Crippen LogP contribution in [0.3, 0.4) is 0 Å². The minimum atomic E-state index is -1.48. The summed E-state index contributed by atoms with van der Waals surface area (Å²) < 4.78 is 13.6. The van der Waals surface area contributed by atoms with Gasteiger partial charge in [0.25, 0.3) is 6.55 Å². The third-order valence-electron chi connectivity index (χ3n) is 7.96. The van der Waals surface area contributed by atoms with E-state index in [9.17, 15) is 0 Å². The number of hydrogen-bond donors (Lipinski definition) is 0. The fraction of sp³-hybridized carbons (Fsp3) is 0.600. The molecule has 28 heavy (non-hydrogen) atoms. The number of unbranched alkanes of at least 4 members (excludes halogenated alkanes) is 1. The highest BCUT2D eigenvalue weighted by Gasteiger charge is 2.52. The summed E-state index contributed by atoms with van der Waals surface area (Å²) in [6.45, 7) is 14.2. The van der Waals surface area contributed by atoms with E-state index in [2.05, 4.69) is 91.0 Å². The van der Waals surface area contributed by atoms with Crippen molar-refractivity contribution in [2.45, 2.75) is 90.2 Å². The molecule has 2 nitrogen and oxygen atoms in total. The topological polar surface area (TPSA) is 18.5 Å². The van der Waals surface area contributed by atoms with Gasteiger partial charge in [0.1, 0.15) is 0 Å². The maximum atomic E-state index is 6.80. The van der Waals surface area contributed by atoms with E-state index in [0.29, 0.717) is 11.8 Å². The van der Waals surface area contributed by atoms with Gasteiger partial charge in [0.15, 0.2) is 0 Å². The molecule has 1 heterocycles. The predicted molar refractivity (Wildman–Crippen MR) is 119 cm³/mol. The molecule has 3 aliphatic rings. The highest BCUT2D eigenvalue weighted by molar-refractivity contribution is 6.81. The zero-order valence-electron chi connectivity index (χ0n) is 18.7. The van der Waals surface area contributed by atoms with E-state index in [-0.39, 0.29) is 16.6 Å². The number of rotatable bonds is 4. The highest BCUT2D eigenvalue weighted by Crippen LogP contribution is 2.53. The lowest BCUT2D eigenvalue weighted by molar-refractivity contribution is 0.00578. The van der Waals surface area contributed by atoms with Gasteiger partial charge in [0, 0.05) is 17.1 Å². The number of fused-ring (bicyclic) bond motifs is 3. The Balaban J connectivity index is 1.81. The summed E-state index contributed by atoms with van der Waals surface area (Å²) in [7, 11) is 0. The van der Waals surface area contributed by atoms with Crippen LogP contribution in [0.25, 0.3) is 0 Å². The average Bonchev–Trinajstić information content (AvgIpc) is 2.98. The second-order valence-corrected chi connectivity index (χ2v) is 10.7. The SMILES string of the molecule is CCCC[B-]1(c2ccc3c(c2)C(C)(C)C2C=CC=CC32)OC(C)(C)C(C)(C)O1. The number of benzene rings is 1. The van der Waals surface area contributed by atoms with E-state index in [0.717, 1.165) is 19.2 Å². The minimum absolute atomic E-state index is 0.114. The predicted octanol–water partition coefficient (Wildman–Crippen LogP) is 5.86. The first-order chi connectivity index (χ1) is 13.0. The summed E-state index contributed by atoms with van der Waals surface area (Å²) in [5.74, 6) is 1.02. The maximum Gasteiger partial charge on any atom is 0.270 e. The summed E-state index contributed by atoms with van der Waals surface area (Å²) in [5, 5.41) is 0. The molecule has 4 rings (SSSR count). The fourth-order valence-electron chi connectivity index (χ4n) is 5.62. The molecule has 0 aromatic heterocycles. The van der Waals surface area contributed by atoms with Crippen molar-refractivity contribution in [3.8, 4) is 0 Å². The normalized spacial score (nSPS) is 30.2. The Morgan fingerprint density at radius 2 is 1.57 bits per heavy atom. The lowest BCUT2D eigenvalue weighted by Crippen LogP contribution is -2.51. The minimum Gasteiger partial charge on any atom is -0.558 e. The summed E-state index contributed by atoms with van der Waals surface area (Å²) in [6.07, 6.45) is 12.4. The molecule has 2 unspecified atom stereocenters. The summed E-state index contributed by atoms with van der Waals surface area (Å²) in [6, 6.07) is 7.06. The van der Waals surface area contributed by atoms with Gasteiger partial charge in [-0.05, 0) is 50.2 Å². The molecule has 1 aromatic carbocycles. The molecule has 1 saturated heterocycles. The average molecular weight is 379 g/mol. The number of allylic oxidation sites excluding steroid dienone is 4. The van der Waals surface area contributed by atoms with E-state index in [1.165, 1.54) is 16.6 Å². The molecular weight excluding hydrogens is 343 g/mol. The van der Waals surface area contributed by atoms with Crippen molar-refractivity contribution in [2.24, 2.45) is 5.92 Å². The molecule has 3 heteroatoms. The molecule has 1 aromatic rings. The van der Waals surface area contributed by atoms with Crippen molar-refractivity contribution < 1.29 is 9.31 Å². The van der Waals surface area contributed by atoms with Crippen LogP contribution in [-0.2, 0) is 14.7 Å². The molecule has 2 aliphatic carbocycles. The number of hydrogen-bond acceptors (Lipinski definition) is 2. The van der Waals surface area contributed by atoms with Crippen LogP contribution in [0.2, 0.25) is 6.32 Å². The Kier molecular flexibility index (Phi) is 4.52. The summed E-state index contributed by atoms with van der Waals surface area (Å²) in [5.41, 5.74) is 3.67. The highest BCUT2D eigenvalue weighted by atomic mass is 16.7. The molecule has 0 N–H and O–H groups in total. The smallest absolute Gasteiger partial charge is 0.270 e. The molecule has 0 amide bonds. The first-order valence-electron chi connectivity index (χ1n) is 11.1. The van der Waals surface area contributed by atoms with Gasteiger partial charge in [-0.1, -0.05) is 76.1 Å². The van der Waals surface area contributed by atoms with E-state index in [1.807, 2.05) is 0 Å². The van der Waals surface area contributed by atoms with E-state index in [1.54, 1.807) is 0 Å². The van der Waals surface area contributed by atoms with Gasteiger partial charge in [-0.15, -0.1) is 6.32 Å². The van der Waals surface area contributed by atoms with E-state index < -0.39 is 6.55 Å².